The van der Waals surface area contributed by atoms with E-state index in [-0.39, 0.29) is 23.3 Å². The van der Waals surface area contributed by atoms with E-state index in [1.165, 1.54) is 16.3 Å². The molecule has 1 aromatic heterocycles. The minimum atomic E-state index is -0.366. The fraction of sp³-hybridized carbons (Fsp3) is 0.333. The molecule has 7 heteroatoms. The number of ether oxygens (including phenoxy) is 1. The number of carbonyl (C=O) groups excluding carboxylic acids is 1. The summed E-state index contributed by atoms with van der Waals surface area (Å²) in [5.74, 6) is 1.03. The Morgan fingerprint density at radius 1 is 1.16 bits per heavy atom. The molecular weight excluding hydrogens is 395 g/mol. The first-order valence-corrected chi connectivity index (χ1v) is 10.6. The highest BCUT2D eigenvalue weighted by molar-refractivity contribution is 5.88. The second kappa shape index (κ2) is 7.72. The third-order valence-electron chi connectivity index (χ3n) is 6.67. The molecule has 1 fully saturated rings. The van der Waals surface area contributed by atoms with Gasteiger partial charge in [0.25, 0.3) is 0 Å². The van der Waals surface area contributed by atoms with Crippen LogP contribution in [0, 0.1) is 5.82 Å². The fourth-order valence-electron chi connectivity index (χ4n) is 4.81. The number of hydrogen-bond acceptors (Lipinski definition) is 3. The molecule has 0 bridgehead atoms. The lowest BCUT2D eigenvalue weighted by molar-refractivity contribution is 0.143. The average Bonchev–Trinajstić information content (AvgIpc) is 3.40. The van der Waals surface area contributed by atoms with E-state index in [1.807, 2.05) is 19.2 Å². The topological polar surface area (TPSA) is 59.4 Å². The first kappa shape index (κ1) is 19.6. The molecule has 2 aromatic carbocycles. The van der Waals surface area contributed by atoms with E-state index < -0.39 is 0 Å². The Kier molecular flexibility index (Phi) is 4.88. The second-order valence-electron chi connectivity index (χ2n) is 8.43. The minimum Gasteiger partial charge on any atom is -0.492 e. The smallest absolute Gasteiger partial charge is 0.323 e. The molecule has 1 saturated carbocycles. The molecule has 1 N–H and O–H groups in total. The van der Waals surface area contributed by atoms with Crippen molar-refractivity contribution in [2.75, 3.05) is 19.0 Å². The van der Waals surface area contributed by atoms with Crippen LogP contribution in [-0.4, -0.2) is 40.4 Å². The second-order valence-corrected chi connectivity index (χ2v) is 8.43. The Hall–Kier alpha value is -3.35. The summed E-state index contributed by atoms with van der Waals surface area (Å²) in [4.78, 5) is 14.6. The van der Waals surface area contributed by atoms with Gasteiger partial charge in [0.1, 0.15) is 17.3 Å². The zero-order valence-electron chi connectivity index (χ0n) is 17.4. The molecule has 2 amide bonds. The average molecular weight is 420 g/mol. The fourth-order valence-corrected chi connectivity index (χ4v) is 4.81. The van der Waals surface area contributed by atoms with E-state index in [1.54, 1.807) is 35.4 Å². The molecular formula is C24H25FN4O2. The van der Waals surface area contributed by atoms with E-state index in [4.69, 9.17) is 4.74 Å². The van der Waals surface area contributed by atoms with Crippen LogP contribution in [0.4, 0.5) is 15.0 Å². The van der Waals surface area contributed by atoms with Crippen molar-refractivity contribution in [2.24, 2.45) is 0 Å². The van der Waals surface area contributed by atoms with Crippen LogP contribution in [0.5, 0.6) is 5.75 Å². The number of amides is 2. The maximum Gasteiger partial charge on any atom is 0.323 e. The van der Waals surface area contributed by atoms with Gasteiger partial charge < -0.3 is 9.64 Å². The summed E-state index contributed by atoms with van der Waals surface area (Å²) in [5.41, 5.74) is 1.72. The zero-order valence-corrected chi connectivity index (χ0v) is 17.4. The van der Waals surface area contributed by atoms with Gasteiger partial charge in [0.2, 0.25) is 0 Å². The van der Waals surface area contributed by atoms with Crippen molar-refractivity contribution in [3.63, 3.8) is 0 Å². The van der Waals surface area contributed by atoms with Gasteiger partial charge in [-0.1, -0.05) is 30.3 Å². The molecule has 6 nitrogen and oxygen atoms in total. The molecule has 1 aliphatic carbocycles. The number of anilines is 1. The molecule has 1 aliphatic heterocycles. The Bertz CT molecular complexity index is 1100. The highest BCUT2D eigenvalue weighted by Gasteiger charge is 2.44. The lowest BCUT2D eigenvalue weighted by Crippen LogP contribution is -2.45. The third-order valence-corrected chi connectivity index (χ3v) is 6.67. The summed E-state index contributed by atoms with van der Waals surface area (Å²) in [6.45, 7) is 0.725. The number of nitrogens with zero attached hydrogens (tertiary/aromatic N) is 3. The van der Waals surface area contributed by atoms with Gasteiger partial charge in [-0.3, -0.25) is 5.32 Å². The summed E-state index contributed by atoms with van der Waals surface area (Å²) < 4.78 is 21.3. The number of para-hydroxylation sites is 2. The molecule has 0 unspecified atom stereocenters. The molecule has 0 atom stereocenters. The van der Waals surface area contributed by atoms with Gasteiger partial charge in [-0.25, -0.2) is 13.9 Å². The molecule has 3 aromatic rings. The number of benzene rings is 2. The molecule has 1 spiro atoms. The van der Waals surface area contributed by atoms with Crippen LogP contribution in [0.1, 0.15) is 31.2 Å². The Morgan fingerprint density at radius 2 is 1.90 bits per heavy atom. The Balaban J connectivity index is 1.22. The Labute approximate surface area is 180 Å². The van der Waals surface area contributed by atoms with E-state index in [2.05, 4.69) is 22.5 Å². The number of fused-ring (bicyclic) bond motifs is 2. The van der Waals surface area contributed by atoms with E-state index >= 15 is 0 Å². The SMILES string of the molecule is CN(C(=O)Nc1ccn(-c2ccccc2F)n1)C1CCC2(CC1)COc1ccccc12. The summed E-state index contributed by atoms with van der Waals surface area (Å²) >= 11 is 0. The Morgan fingerprint density at radius 3 is 2.71 bits per heavy atom. The third kappa shape index (κ3) is 3.54. The molecule has 2 heterocycles. The first-order chi connectivity index (χ1) is 15.1. The predicted octanol–water partition coefficient (Wildman–Crippen LogP) is 4.75. The lowest BCUT2D eigenvalue weighted by atomic mass is 9.69. The number of carbonyl (C=O) groups is 1. The van der Waals surface area contributed by atoms with E-state index in [0.29, 0.717) is 11.5 Å². The van der Waals surface area contributed by atoms with Gasteiger partial charge in [0, 0.05) is 36.3 Å². The molecule has 0 radical (unpaired) electrons. The van der Waals surface area contributed by atoms with Crippen molar-refractivity contribution in [2.45, 2.75) is 37.1 Å². The van der Waals surface area contributed by atoms with Gasteiger partial charge in [0.05, 0.1) is 6.61 Å². The van der Waals surface area contributed by atoms with Crippen LogP contribution in [0.2, 0.25) is 0 Å². The molecule has 0 saturated heterocycles. The van der Waals surface area contributed by atoms with Crippen LogP contribution in [0.3, 0.4) is 0 Å². The molecule has 160 valence electrons. The highest BCUT2D eigenvalue weighted by Crippen LogP contribution is 2.48. The van der Waals surface area contributed by atoms with Crippen LogP contribution in [-0.2, 0) is 5.41 Å². The van der Waals surface area contributed by atoms with Crippen LogP contribution >= 0.6 is 0 Å². The first-order valence-electron chi connectivity index (χ1n) is 10.6. The van der Waals surface area contributed by atoms with Crippen molar-refractivity contribution < 1.29 is 13.9 Å². The summed E-state index contributed by atoms with van der Waals surface area (Å²) in [5, 5.41) is 7.13. The van der Waals surface area contributed by atoms with Gasteiger partial charge in [-0.05, 0) is 43.9 Å². The van der Waals surface area contributed by atoms with Crippen molar-refractivity contribution in [1.29, 1.82) is 0 Å². The monoisotopic (exact) mass is 420 g/mol. The number of halogens is 1. The van der Waals surface area contributed by atoms with Crippen LogP contribution in [0.15, 0.2) is 60.8 Å². The lowest BCUT2D eigenvalue weighted by Gasteiger charge is -2.39. The van der Waals surface area contributed by atoms with Gasteiger partial charge >= 0.3 is 6.03 Å². The van der Waals surface area contributed by atoms with E-state index in [9.17, 15) is 9.18 Å². The molecule has 2 aliphatic rings. The number of urea groups is 1. The number of rotatable bonds is 3. The van der Waals surface area contributed by atoms with Crippen molar-refractivity contribution >= 4 is 11.8 Å². The normalized spacial score (nSPS) is 22.1. The molecule has 31 heavy (non-hydrogen) atoms. The maximum atomic E-state index is 14.0. The van der Waals surface area contributed by atoms with Crippen molar-refractivity contribution in [3.05, 3.63) is 72.2 Å². The van der Waals surface area contributed by atoms with Crippen LogP contribution < -0.4 is 10.1 Å². The standard InChI is InChI=1S/C24H25FN4O2/c1-28(17-10-13-24(14-11-17)16-31-21-9-5-2-6-18(21)24)23(30)26-22-12-15-29(27-22)20-8-4-3-7-19(20)25/h2-9,12,15,17H,10-11,13-14,16H2,1H3,(H,26,27,30). The van der Waals surface area contributed by atoms with E-state index in [0.717, 1.165) is 38.0 Å². The van der Waals surface area contributed by atoms with Gasteiger partial charge in [-0.2, -0.15) is 0 Å². The highest BCUT2D eigenvalue weighted by atomic mass is 19.1. The largest absolute Gasteiger partial charge is 0.492 e. The molecule has 5 rings (SSSR count). The quantitative estimate of drug-likeness (QED) is 0.665. The summed E-state index contributed by atoms with van der Waals surface area (Å²) in [7, 11) is 1.82. The van der Waals surface area contributed by atoms with Crippen molar-refractivity contribution in [1.82, 2.24) is 14.7 Å². The van der Waals surface area contributed by atoms with Crippen molar-refractivity contribution in [3.8, 4) is 11.4 Å². The maximum absolute atomic E-state index is 14.0. The summed E-state index contributed by atoms with van der Waals surface area (Å²) in [6, 6.07) is 16.3. The number of aromatic nitrogens is 2. The minimum absolute atomic E-state index is 0.0724. The number of nitrogens with one attached hydrogen (secondary N) is 1. The zero-order chi connectivity index (χ0) is 21.4. The predicted molar refractivity (Wildman–Crippen MR) is 116 cm³/mol. The summed E-state index contributed by atoms with van der Waals surface area (Å²) in [6.07, 6.45) is 5.47. The van der Waals surface area contributed by atoms with Gasteiger partial charge in [0.15, 0.2) is 5.82 Å². The van der Waals surface area contributed by atoms with Gasteiger partial charge in [-0.15, -0.1) is 5.10 Å². The number of hydrogen-bond donors (Lipinski definition) is 1. The van der Waals surface area contributed by atoms with Crippen LogP contribution in [0.25, 0.3) is 5.69 Å².